The van der Waals surface area contributed by atoms with Crippen LogP contribution in [0.2, 0.25) is 0 Å². The van der Waals surface area contributed by atoms with Gasteiger partial charge in [0.2, 0.25) is 11.7 Å². The minimum absolute atomic E-state index is 0.00913. The van der Waals surface area contributed by atoms with Crippen LogP contribution in [0.3, 0.4) is 0 Å². The van der Waals surface area contributed by atoms with Crippen molar-refractivity contribution >= 4 is 34.5 Å². The second kappa shape index (κ2) is 9.07. The molecule has 0 bridgehead atoms. The van der Waals surface area contributed by atoms with Gasteiger partial charge in [-0.2, -0.15) is 0 Å². The number of rotatable bonds is 7. The second-order valence-electron chi connectivity index (χ2n) is 7.26. The standard InChI is InChI=1S/C24H23N3O5/c1-3-31-24(30)20-21(29)19(12-16-13-26-22-17(16)5-4-9-25-22)32-23(20)27-18-7-6-15(8-10-28)11-14(18)2/h4-7,9,11-13,27-28H,3,8,10H2,1-2H3,(H,25,26)/b19-12-. The summed E-state index contributed by atoms with van der Waals surface area (Å²) in [5, 5.41) is 13.0. The normalized spacial score (nSPS) is 14.8. The lowest BCUT2D eigenvalue weighted by atomic mass is 10.1. The molecule has 8 heteroatoms. The number of ether oxygens (including phenoxy) is 2. The van der Waals surface area contributed by atoms with Crippen LogP contribution in [0, 0.1) is 6.92 Å². The van der Waals surface area contributed by atoms with Crippen molar-refractivity contribution in [3.05, 3.63) is 76.6 Å². The summed E-state index contributed by atoms with van der Waals surface area (Å²) in [6.45, 7) is 3.75. The zero-order chi connectivity index (χ0) is 22.7. The number of carbonyl (C=O) groups is 2. The minimum atomic E-state index is -0.751. The summed E-state index contributed by atoms with van der Waals surface area (Å²) in [5.74, 6) is -1.28. The molecule has 164 valence electrons. The maximum atomic E-state index is 13.1. The number of hydrogen-bond acceptors (Lipinski definition) is 7. The number of aromatic nitrogens is 2. The number of pyridine rings is 1. The number of nitrogens with one attached hydrogen (secondary N) is 2. The summed E-state index contributed by atoms with van der Waals surface area (Å²) in [6.07, 6.45) is 5.51. The van der Waals surface area contributed by atoms with Crippen molar-refractivity contribution in [2.45, 2.75) is 20.3 Å². The number of aryl methyl sites for hydroxylation is 1. The van der Waals surface area contributed by atoms with Crippen LogP contribution in [0.4, 0.5) is 5.69 Å². The predicted octanol–water partition coefficient (Wildman–Crippen LogP) is 3.23. The number of H-pyrrole nitrogens is 1. The largest absolute Gasteiger partial charge is 0.462 e. The van der Waals surface area contributed by atoms with Gasteiger partial charge in [0, 0.05) is 35.6 Å². The van der Waals surface area contributed by atoms with Gasteiger partial charge in [-0.3, -0.25) is 4.79 Å². The number of carbonyl (C=O) groups excluding carboxylic acids is 2. The van der Waals surface area contributed by atoms with E-state index in [1.807, 2.05) is 31.2 Å². The van der Waals surface area contributed by atoms with Crippen LogP contribution >= 0.6 is 0 Å². The minimum Gasteiger partial charge on any atom is -0.462 e. The number of ketones is 1. The number of allylic oxidation sites excluding steroid dienone is 1. The van der Waals surface area contributed by atoms with Crippen LogP contribution in [0.5, 0.6) is 0 Å². The van der Waals surface area contributed by atoms with Gasteiger partial charge in [0.05, 0.1) is 6.61 Å². The topological polar surface area (TPSA) is 114 Å². The smallest absolute Gasteiger partial charge is 0.347 e. The first-order valence-electron chi connectivity index (χ1n) is 10.3. The van der Waals surface area contributed by atoms with Gasteiger partial charge in [0.15, 0.2) is 11.3 Å². The molecule has 1 aliphatic rings. The number of anilines is 1. The fraction of sp³-hybridized carbons (Fsp3) is 0.208. The Labute approximate surface area is 184 Å². The van der Waals surface area contributed by atoms with Gasteiger partial charge in [0.25, 0.3) is 0 Å². The van der Waals surface area contributed by atoms with E-state index in [0.717, 1.165) is 16.5 Å². The predicted molar refractivity (Wildman–Crippen MR) is 119 cm³/mol. The van der Waals surface area contributed by atoms with Crippen LogP contribution < -0.4 is 5.32 Å². The van der Waals surface area contributed by atoms with E-state index in [-0.39, 0.29) is 30.4 Å². The number of aliphatic hydroxyl groups excluding tert-OH is 1. The molecule has 4 rings (SSSR count). The molecule has 3 N–H and O–H groups in total. The van der Waals surface area contributed by atoms with E-state index in [2.05, 4.69) is 15.3 Å². The molecule has 3 aromatic rings. The van der Waals surface area contributed by atoms with E-state index >= 15 is 0 Å². The molecule has 0 spiro atoms. The molecule has 0 amide bonds. The molecule has 0 fully saturated rings. The molecule has 1 aromatic carbocycles. The fourth-order valence-corrected chi connectivity index (χ4v) is 3.52. The first kappa shape index (κ1) is 21.3. The molecule has 32 heavy (non-hydrogen) atoms. The molecule has 2 aromatic heterocycles. The van der Waals surface area contributed by atoms with Gasteiger partial charge in [-0.1, -0.05) is 12.1 Å². The molecule has 0 atom stereocenters. The number of hydrogen-bond donors (Lipinski definition) is 3. The van der Waals surface area contributed by atoms with Gasteiger partial charge < -0.3 is 24.9 Å². The Bertz CT molecular complexity index is 1260. The highest BCUT2D eigenvalue weighted by Gasteiger charge is 2.37. The van der Waals surface area contributed by atoms with Crippen LogP contribution in [0.25, 0.3) is 17.1 Å². The van der Waals surface area contributed by atoms with E-state index in [1.54, 1.807) is 31.5 Å². The van der Waals surface area contributed by atoms with Crippen molar-refractivity contribution in [3.8, 4) is 0 Å². The van der Waals surface area contributed by atoms with Gasteiger partial charge in [-0.05, 0) is 55.7 Å². The quantitative estimate of drug-likeness (QED) is 0.298. The van der Waals surface area contributed by atoms with E-state index in [1.165, 1.54) is 0 Å². The summed E-state index contributed by atoms with van der Waals surface area (Å²) < 4.78 is 10.9. The Morgan fingerprint density at radius 2 is 2.19 bits per heavy atom. The SMILES string of the molecule is CCOC(=O)C1=C(Nc2ccc(CCO)cc2C)O/C(=C\c2c[nH]c3ncccc23)C1=O. The molecule has 0 radical (unpaired) electrons. The monoisotopic (exact) mass is 433 g/mol. The maximum Gasteiger partial charge on any atom is 0.347 e. The first-order chi connectivity index (χ1) is 15.5. The Morgan fingerprint density at radius 1 is 1.34 bits per heavy atom. The number of esters is 1. The molecule has 3 heterocycles. The van der Waals surface area contributed by atoms with Crippen molar-refractivity contribution in [2.24, 2.45) is 0 Å². The Morgan fingerprint density at radius 3 is 2.94 bits per heavy atom. The summed E-state index contributed by atoms with van der Waals surface area (Å²) in [7, 11) is 0. The number of Topliss-reactive ketones (excluding diaryl/α,β-unsaturated/α-hetero) is 1. The average molecular weight is 433 g/mol. The number of fused-ring (bicyclic) bond motifs is 1. The molecule has 0 saturated carbocycles. The molecule has 1 aliphatic heterocycles. The number of nitrogens with zero attached hydrogens (tertiary/aromatic N) is 1. The van der Waals surface area contributed by atoms with Crippen molar-refractivity contribution in [3.63, 3.8) is 0 Å². The first-order valence-corrected chi connectivity index (χ1v) is 10.3. The van der Waals surface area contributed by atoms with Crippen LogP contribution in [-0.4, -0.2) is 40.0 Å². The van der Waals surface area contributed by atoms with Crippen molar-refractivity contribution < 1.29 is 24.2 Å². The lowest BCUT2D eigenvalue weighted by molar-refractivity contribution is -0.139. The second-order valence-corrected chi connectivity index (χ2v) is 7.26. The Balaban J connectivity index is 1.68. The van der Waals surface area contributed by atoms with Gasteiger partial charge >= 0.3 is 5.97 Å². The zero-order valence-corrected chi connectivity index (χ0v) is 17.8. The van der Waals surface area contributed by atoms with E-state index < -0.39 is 11.8 Å². The average Bonchev–Trinajstić information content (AvgIpc) is 3.32. The highest BCUT2D eigenvalue weighted by Crippen LogP contribution is 2.31. The highest BCUT2D eigenvalue weighted by molar-refractivity contribution is 6.26. The van der Waals surface area contributed by atoms with Gasteiger partial charge in [-0.25, -0.2) is 9.78 Å². The lowest BCUT2D eigenvalue weighted by Gasteiger charge is -2.12. The summed E-state index contributed by atoms with van der Waals surface area (Å²) in [4.78, 5) is 32.9. The molecule has 8 nitrogen and oxygen atoms in total. The maximum absolute atomic E-state index is 13.1. The van der Waals surface area contributed by atoms with Crippen LogP contribution in [0.15, 0.2) is 59.9 Å². The third-order valence-electron chi connectivity index (χ3n) is 5.08. The fourth-order valence-electron chi connectivity index (χ4n) is 3.52. The number of aromatic amines is 1. The van der Waals surface area contributed by atoms with Gasteiger partial charge in [-0.15, -0.1) is 0 Å². The summed E-state index contributed by atoms with van der Waals surface area (Å²) in [5.41, 5.74) is 3.74. The lowest BCUT2D eigenvalue weighted by Crippen LogP contribution is -2.16. The zero-order valence-electron chi connectivity index (χ0n) is 17.8. The summed E-state index contributed by atoms with van der Waals surface area (Å²) >= 11 is 0. The molecule has 0 saturated heterocycles. The number of benzene rings is 1. The van der Waals surface area contributed by atoms with E-state index in [0.29, 0.717) is 23.3 Å². The van der Waals surface area contributed by atoms with Crippen molar-refractivity contribution in [1.29, 1.82) is 0 Å². The Hall–Kier alpha value is -3.91. The van der Waals surface area contributed by atoms with E-state index in [9.17, 15) is 9.59 Å². The molecule has 0 aliphatic carbocycles. The molecular weight excluding hydrogens is 410 g/mol. The van der Waals surface area contributed by atoms with Crippen LogP contribution in [0.1, 0.15) is 23.6 Å². The summed E-state index contributed by atoms with van der Waals surface area (Å²) in [6, 6.07) is 9.28. The van der Waals surface area contributed by atoms with Gasteiger partial charge in [0.1, 0.15) is 5.65 Å². The highest BCUT2D eigenvalue weighted by atomic mass is 16.5. The Kier molecular flexibility index (Phi) is 6.04. The van der Waals surface area contributed by atoms with Crippen molar-refractivity contribution in [1.82, 2.24) is 9.97 Å². The molecular formula is C24H23N3O5. The molecule has 0 unspecified atom stereocenters. The van der Waals surface area contributed by atoms with E-state index in [4.69, 9.17) is 14.6 Å². The third kappa shape index (κ3) is 4.13. The number of aliphatic hydroxyl groups is 1. The van der Waals surface area contributed by atoms with Crippen LogP contribution in [-0.2, 0) is 25.5 Å². The van der Waals surface area contributed by atoms with Crippen molar-refractivity contribution in [2.75, 3.05) is 18.5 Å². The third-order valence-corrected chi connectivity index (χ3v) is 5.08.